The average Bonchev–Trinajstić information content (AvgIpc) is 3.25. The van der Waals surface area contributed by atoms with Gasteiger partial charge in [-0.1, -0.05) is 0 Å². The Morgan fingerprint density at radius 1 is 1.31 bits per heavy atom. The van der Waals surface area contributed by atoms with Crippen molar-refractivity contribution in [3.05, 3.63) is 29.2 Å². The third-order valence-corrected chi connectivity index (χ3v) is 5.14. The minimum Gasteiger partial charge on any atom is -0.379 e. The normalized spacial score (nSPS) is 20.7. The van der Waals surface area contributed by atoms with Crippen LogP contribution in [0.25, 0.3) is 0 Å². The van der Waals surface area contributed by atoms with Gasteiger partial charge in [-0.15, -0.1) is 0 Å². The Morgan fingerprint density at radius 3 is 2.96 bits per heavy atom. The van der Waals surface area contributed by atoms with Crippen LogP contribution in [0.15, 0.2) is 12.4 Å². The standard InChI is InChI=1S/C18H27N7O/c1-2-25-11-13(9-20-25)10-24-6-3-15-16(4-7-24)22-18(19)23-17(15)21-14-5-8-26-12-14/h9,11,14H,2-8,10,12H2,1H3,(H3,19,21,22,23)/t14-/m1/s1. The molecule has 0 aromatic carbocycles. The number of hydrogen-bond acceptors (Lipinski definition) is 7. The molecular formula is C18H27N7O. The van der Waals surface area contributed by atoms with Gasteiger partial charge in [-0.3, -0.25) is 9.58 Å². The van der Waals surface area contributed by atoms with E-state index < -0.39 is 0 Å². The molecule has 2 aromatic rings. The third kappa shape index (κ3) is 3.81. The first kappa shape index (κ1) is 17.2. The van der Waals surface area contributed by atoms with Crippen LogP contribution in [0.4, 0.5) is 11.8 Å². The van der Waals surface area contributed by atoms with E-state index in [-0.39, 0.29) is 0 Å². The molecule has 26 heavy (non-hydrogen) atoms. The maximum atomic E-state index is 5.97. The average molecular weight is 357 g/mol. The fraction of sp³-hybridized carbons (Fsp3) is 0.611. The van der Waals surface area contributed by atoms with Gasteiger partial charge in [0.2, 0.25) is 5.95 Å². The Bertz CT molecular complexity index is 754. The summed E-state index contributed by atoms with van der Waals surface area (Å²) in [7, 11) is 0. The lowest BCUT2D eigenvalue weighted by atomic mass is 10.1. The highest BCUT2D eigenvalue weighted by Crippen LogP contribution is 2.24. The summed E-state index contributed by atoms with van der Waals surface area (Å²) in [5.41, 5.74) is 9.50. The van der Waals surface area contributed by atoms with Gasteiger partial charge in [0.25, 0.3) is 0 Å². The van der Waals surface area contributed by atoms with Gasteiger partial charge < -0.3 is 15.8 Å². The van der Waals surface area contributed by atoms with Gasteiger partial charge in [-0.2, -0.15) is 10.1 Å². The van der Waals surface area contributed by atoms with Crippen LogP contribution in [0, 0.1) is 0 Å². The van der Waals surface area contributed by atoms with Gasteiger partial charge in [-0.25, -0.2) is 4.98 Å². The topological polar surface area (TPSA) is 94.1 Å². The van der Waals surface area contributed by atoms with Gasteiger partial charge >= 0.3 is 0 Å². The van der Waals surface area contributed by atoms with Crippen LogP contribution in [0.5, 0.6) is 0 Å². The maximum absolute atomic E-state index is 5.97. The molecule has 0 amide bonds. The zero-order valence-corrected chi connectivity index (χ0v) is 15.3. The minimum atomic E-state index is 0.313. The van der Waals surface area contributed by atoms with Crippen molar-refractivity contribution in [2.24, 2.45) is 0 Å². The molecule has 4 heterocycles. The molecular weight excluding hydrogens is 330 g/mol. The number of nitrogens with two attached hydrogens (primary N) is 1. The van der Waals surface area contributed by atoms with Crippen molar-refractivity contribution in [3.8, 4) is 0 Å². The molecule has 0 radical (unpaired) electrons. The highest BCUT2D eigenvalue weighted by molar-refractivity contribution is 5.51. The number of ether oxygens (including phenoxy) is 1. The second-order valence-electron chi connectivity index (χ2n) is 7.04. The number of nitrogen functional groups attached to an aromatic ring is 1. The molecule has 0 saturated carbocycles. The second kappa shape index (κ2) is 7.59. The first-order valence-electron chi connectivity index (χ1n) is 9.44. The van der Waals surface area contributed by atoms with Crippen LogP contribution in [0.2, 0.25) is 0 Å². The molecule has 1 atom stereocenters. The maximum Gasteiger partial charge on any atom is 0.222 e. The number of nitrogens with one attached hydrogen (secondary N) is 1. The lowest BCUT2D eigenvalue weighted by Crippen LogP contribution is -2.26. The van der Waals surface area contributed by atoms with Crippen LogP contribution < -0.4 is 11.1 Å². The molecule has 8 nitrogen and oxygen atoms in total. The lowest BCUT2D eigenvalue weighted by molar-refractivity contribution is 0.195. The molecule has 1 saturated heterocycles. The van der Waals surface area contributed by atoms with E-state index >= 15 is 0 Å². The summed E-state index contributed by atoms with van der Waals surface area (Å²) in [4.78, 5) is 11.5. The SMILES string of the molecule is CCn1cc(CN2CCc3nc(N)nc(N[C@@H]4CCOC4)c3CC2)cn1. The molecule has 1 fully saturated rings. The van der Waals surface area contributed by atoms with Gasteiger partial charge in [0.1, 0.15) is 5.82 Å². The molecule has 0 aliphatic carbocycles. The Morgan fingerprint density at radius 2 is 2.19 bits per heavy atom. The van der Waals surface area contributed by atoms with E-state index in [4.69, 9.17) is 10.5 Å². The summed E-state index contributed by atoms with van der Waals surface area (Å²) in [5, 5.41) is 7.90. The first-order valence-corrected chi connectivity index (χ1v) is 9.44. The van der Waals surface area contributed by atoms with Crippen molar-refractivity contribution in [2.75, 3.05) is 37.4 Å². The zero-order chi connectivity index (χ0) is 17.9. The highest BCUT2D eigenvalue weighted by Gasteiger charge is 2.23. The van der Waals surface area contributed by atoms with Crippen molar-refractivity contribution >= 4 is 11.8 Å². The van der Waals surface area contributed by atoms with Crippen LogP contribution in [0.1, 0.15) is 30.2 Å². The predicted octanol–water partition coefficient (Wildman–Crippen LogP) is 1.08. The van der Waals surface area contributed by atoms with Gasteiger partial charge in [0, 0.05) is 56.5 Å². The summed E-state index contributed by atoms with van der Waals surface area (Å²) in [6, 6.07) is 0.313. The number of hydrogen-bond donors (Lipinski definition) is 2. The number of anilines is 2. The molecule has 0 bridgehead atoms. The molecule has 2 aromatic heterocycles. The summed E-state index contributed by atoms with van der Waals surface area (Å²) in [6.07, 6.45) is 6.91. The number of fused-ring (bicyclic) bond motifs is 1. The number of aromatic nitrogens is 4. The number of nitrogens with zero attached hydrogens (tertiary/aromatic N) is 5. The van der Waals surface area contributed by atoms with Crippen molar-refractivity contribution in [1.29, 1.82) is 0 Å². The van der Waals surface area contributed by atoms with E-state index in [1.165, 1.54) is 11.1 Å². The van der Waals surface area contributed by atoms with Gasteiger partial charge in [0.15, 0.2) is 0 Å². The Balaban J connectivity index is 1.47. The van der Waals surface area contributed by atoms with E-state index in [0.717, 1.165) is 70.2 Å². The molecule has 3 N–H and O–H groups in total. The van der Waals surface area contributed by atoms with Crippen molar-refractivity contribution in [3.63, 3.8) is 0 Å². The fourth-order valence-corrected chi connectivity index (χ4v) is 3.70. The Kier molecular flexibility index (Phi) is 5.03. The smallest absolute Gasteiger partial charge is 0.222 e. The van der Waals surface area contributed by atoms with Crippen LogP contribution in [0.3, 0.4) is 0 Å². The summed E-state index contributed by atoms with van der Waals surface area (Å²) in [5.74, 6) is 1.24. The molecule has 0 spiro atoms. The monoisotopic (exact) mass is 357 g/mol. The van der Waals surface area contributed by atoms with E-state index in [1.54, 1.807) is 0 Å². The van der Waals surface area contributed by atoms with E-state index in [0.29, 0.717) is 12.0 Å². The van der Waals surface area contributed by atoms with E-state index in [2.05, 4.69) is 38.4 Å². The van der Waals surface area contributed by atoms with Crippen molar-refractivity contribution in [1.82, 2.24) is 24.6 Å². The Labute approximate surface area is 153 Å². The lowest BCUT2D eigenvalue weighted by Gasteiger charge is -2.18. The van der Waals surface area contributed by atoms with E-state index in [1.807, 2.05) is 10.9 Å². The Hall–Kier alpha value is -2.19. The van der Waals surface area contributed by atoms with Gasteiger partial charge in [-0.05, 0) is 19.8 Å². The second-order valence-corrected chi connectivity index (χ2v) is 7.04. The largest absolute Gasteiger partial charge is 0.379 e. The quantitative estimate of drug-likeness (QED) is 0.827. The van der Waals surface area contributed by atoms with Crippen LogP contribution >= 0.6 is 0 Å². The van der Waals surface area contributed by atoms with E-state index in [9.17, 15) is 0 Å². The first-order chi connectivity index (χ1) is 12.7. The number of rotatable bonds is 5. The molecule has 0 unspecified atom stereocenters. The molecule has 8 heteroatoms. The summed E-state index contributed by atoms with van der Waals surface area (Å²) < 4.78 is 7.44. The zero-order valence-electron chi connectivity index (χ0n) is 15.3. The third-order valence-electron chi connectivity index (χ3n) is 5.14. The molecule has 140 valence electrons. The highest BCUT2D eigenvalue weighted by atomic mass is 16.5. The number of aryl methyl sites for hydroxylation is 1. The minimum absolute atomic E-state index is 0.313. The van der Waals surface area contributed by atoms with Crippen molar-refractivity contribution < 1.29 is 4.74 Å². The molecule has 2 aliphatic rings. The van der Waals surface area contributed by atoms with Gasteiger partial charge in [0.05, 0.1) is 24.5 Å². The molecule has 2 aliphatic heterocycles. The van der Waals surface area contributed by atoms with Crippen LogP contribution in [-0.4, -0.2) is 57.0 Å². The van der Waals surface area contributed by atoms with Crippen molar-refractivity contribution in [2.45, 2.75) is 45.3 Å². The van der Waals surface area contributed by atoms with Crippen LogP contribution in [-0.2, 0) is 30.7 Å². The fourth-order valence-electron chi connectivity index (χ4n) is 3.70. The summed E-state index contributed by atoms with van der Waals surface area (Å²) >= 11 is 0. The summed E-state index contributed by atoms with van der Waals surface area (Å²) in [6.45, 7) is 7.40. The predicted molar refractivity (Wildman–Crippen MR) is 99.9 cm³/mol. The molecule has 4 rings (SSSR count).